The van der Waals surface area contributed by atoms with Crippen LogP contribution in [0.5, 0.6) is 0 Å². The number of benzene rings is 2. The van der Waals surface area contributed by atoms with Crippen LogP contribution in [0.4, 0.5) is 5.82 Å². The van der Waals surface area contributed by atoms with E-state index in [0.717, 1.165) is 16.5 Å². The highest BCUT2D eigenvalue weighted by atomic mass is 79.9. The Kier molecular flexibility index (Phi) is 5.11. The molecule has 0 bridgehead atoms. The third-order valence-corrected chi connectivity index (χ3v) is 4.53. The van der Waals surface area contributed by atoms with Crippen LogP contribution in [0.1, 0.15) is 28.4 Å². The summed E-state index contributed by atoms with van der Waals surface area (Å²) in [4.78, 5) is 12.4. The molecule has 0 saturated heterocycles. The van der Waals surface area contributed by atoms with Gasteiger partial charge in [0, 0.05) is 10.5 Å². The van der Waals surface area contributed by atoms with Crippen LogP contribution in [0.15, 0.2) is 65.3 Å². The second-order valence-electron chi connectivity index (χ2n) is 5.48. The molecule has 0 atom stereocenters. The minimum Gasteiger partial charge on any atom is -0.307 e. The number of carbonyl (C=O) groups excluding carboxylic acids is 1. The lowest BCUT2D eigenvalue weighted by Gasteiger charge is -2.10. The number of nitrogens with zero attached hydrogens (tertiary/aromatic N) is 2. The molecule has 122 valence electrons. The van der Waals surface area contributed by atoms with Crippen LogP contribution >= 0.6 is 15.9 Å². The first-order chi connectivity index (χ1) is 11.7. The predicted molar refractivity (Wildman–Crippen MR) is 99.2 cm³/mol. The number of carbonyl (C=O) groups is 1. The molecule has 1 heterocycles. The van der Waals surface area contributed by atoms with Gasteiger partial charge in [0.2, 0.25) is 0 Å². The molecular weight excluding hydrogens is 366 g/mol. The van der Waals surface area contributed by atoms with E-state index in [0.29, 0.717) is 17.9 Å². The van der Waals surface area contributed by atoms with E-state index in [4.69, 9.17) is 0 Å². The largest absolute Gasteiger partial charge is 0.307 e. The molecule has 1 N–H and O–H groups in total. The Labute approximate surface area is 149 Å². The zero-order valence-corrected chi connectivity index (χ0v) is 15.0. The maximum absolute atomic E-state index is 12.4. The fourth-order valence-corrected chi connectivity index (χ4v) is 2.91. The van der Waals surface area contributed by atoms with Crippen molar-refractivity contribution < 1.29 is 4.79 Å². The number of nitrogens with one attached hydrogen (secondary N) is 1. The second kappa shape index (κ2) is 7.45. The molecule has 1 amide bonds. The Morgan fingerprint density at radius 2 is 1.79 bits per heavy atom. The monoisotopic (exact) mass is 383 g/mol. The van der Waals surface area contributed by atoms with Gasteiger partial charge >= 0.3 is 0 Å². The van der Waals surface area contributed by atoms with Gasteiger partial charge in [-0.2, -0.15) is 5.10 Å². The number of rotatable bonds is 5. The van der Waals surface area contributed by atoms with Crippen molar-refractivity contribution in [3.05, 3.63) is 82.0 Å². The van der Waals surface area contributed by atoms with Crippen molar-refractivity contribution in [2.45, 2.75) is 19.9 Å². The Bertz CT molecular complexity index is 840. The summed E-state index contributed by atoms with van der Waals surface area (Å²) in [5, 5.41) is 7.24. The highest BCUT2D eigenvalue weighted by Gasteiger charge is 2.12. The SMILES string of the molecule is CCc1ccc(Cn2nccc2NC(=O)c2ccccc2Br)cc1. The van der Waals surface area contributed by atoms with Gasteiger partial charge in [-0.3, -0.25) is 4.79 Å². The van der Waals surface area contributed by atoms with E-state index >= 15 is 0 Å². The minimum absolute atomic E-state index is 0.162. The Morgan fingerprint density at radius 1 is 1.08 bits per heavy atom. The number of hydrogen-bond acceptors (Lipinski definition) is 2. The smallest absolute Gasteiger partial charge is 0.257 e. The van der Waals surface area contributed by atoms with Crippen LogP contribution < -0.4 is 5.32 Å². The normalized spacial score (nSPS) is 10.6. The molecule has 2 aromatic carbocycles. The average Bonchev–Trinajstić information content (AvgIpc) is 3.02. The van der Waals surface area contributed by atoms with Gasteiger partial charge in [0.25, 0.3) is 5.91 Å². The lowest BCUT2D eigenvalue weighted by atomic mass is 10.1. The fraction of sp³-hybridized carbons (Fsp3) is 0.158. The standard InChI is InChI=1S/C19H18BrN3O/c1-2-14-7-9-15(10-8-14)13-23-18(11-12-21-23)22-19(24)16-5-3-4-6-17(16)20/h3-12H,2,13H2,1H3,(H,22,24). The summed E-state index contributed by atoms with van der Waals surface area (Å²) in [6.45, 7) is 2.75. The summed E-state index contributed by atoms with van der Waals surface area (Å²) in [5.74, 6) is 0.515. The van der Waals surface area contributed by atoms with E-state index in [2.05, 4.69) is 57.5 Å². The molecule has 0 saturated carbocycles. The molecule has 0 spiro atoms. The molecule has 3 rings (SSSR count). The van der Waals surface area contributed by atoms with Gasteiger partial charge in [0.15, 0.2) is 0 Å². The fourth-order valence-electron chi connectivity index (χ4n) is 2.45. The molecule has 4 nitrogen and oxygen atoms in total. The van der Waals surface area contributed by atoms with Gasteiger partial charge in [0.1, 0.15) is 5.82 Å². The van der Waals surface area contributed by atoms with Crippen LogP contribution in [0, 0.1) is 0 Å². The van der Waals surface area contributed by atoms with Crippen molar-refractivity contribution >= 4 is 27.7 Å². The summed E-state index contributed by atoms with van der Waals surface area (Å²) in [6, 6.07) is 17.6. The van der Waals surface area contributed by atoms with Gasteiger partial charge in [-0.25, -0.2) is 4.68 Å². The van der Waals surface area contributed by atoms with Crippen molar-refractivity contribution in [3.8, 4) is 0 Å². The Balaban J connectivity index is 1.75. The van der Waals surface area contributed by atoms with Crippen molar-refractivity contribution in [2.24, 2.45) is 0 Å². The summed E-state index contributed by atoms with van der Waals surface area (Å²) in [6.07, 6.45) is 2.71. The van der Waals surface area contributed by atoms with Crippen molar-refractivity contribution in [1.82, 2.24) is 9.78 Å². The van der Waals surface area contributed by atoms with E-state index in [1.165, 1.54) is 5.56 Å². The molecule has 0 fully saturated rings. The number of hydrogen-bond donors (Lipinski definition) is 1. The van der Waals surface area contributed by atoms with Crippen molar-refractivity contribution in [3.63, 3.8) is 0 Å². The molecule has 0 unspecified atom stereocenters. The molecule has 1 aromatic heterocycles. The molecule has 5 heteroatoms. The predicted octanol–water partition coefficient (Wildman–Crippen LogP) is 4.51. The van der Waals surface area contributed by atoms with Crippen LogP contribution in [0.25, 0.3) is 0 Å². The zero-order valence-electron chi connectivity index (χ0n) is 13.4. The number of anilines is 1. The lowest BCUT2D eigenvalue weighted by Crippen LogP contribution is -2.16. The summed E-state index contributed by atoms with van der Waals surface area (Å²) < 4.78 is 2.55. The van der Waals surface area contributed by atoms with Gasteiger partial charge in [0.05, 0.1) is 18.3 Å². The molecule has 24 heavy (non-hydrogen) atoms. The van der Waals surface area contributed by atoms with Gasteiger partial charge in [-0.05, 0) is 45.6 Å². The molecule has 0 aliphatic heterocycles. The Hall–Kier alpha value is -2.40. The highest BCUT2D eigenvalue weighted by molar-refractivity contribution is 9.10. The van der Waals surface area contributed by atoms with Gasteiger partial charge in [-0.1, -0.05) is 43.3 Å². The summed E-state index contributed by atoms with van der Waals surface area (Å²) >= 11 is 3.40. The van der Waals surface area contributed by atoms with E-state index in [1.54, 1.807) is 23.0 Å². The molecule has 0 aliphatic carbocycles. The summed E-state index contributed by atoms with van der Waals surface area (Å²) in [7, 11) is 0. The molecular formula is C19H18BrN3O. The first kappa shape index (κ1) is 16.5. The molecule has 0 radical (unpaired) electrons. The number of amides is 1. The maximum Gasteiger partial charge on any atom is 0.257 e. The molecule has 3 aromatic rings. The topological polar surface area (TPSA) is 46.9 Å². The van der Waals surface area contributed by atoms with Crippen LogP contribution in [0.3, 0.4) is 0 Å². The number of aryl methyl sites for hydroxylation is 1. The third-order valence-electron chi connectivity index (χ3n) is 3.84. The quantitative estimate of drug-likeness (QED) is 0.704. The van der Waals surface area contributed by atoms with Crippen LogP contribution in [-0.4, -0.2) is 15.7 Å². The number of halogens is 1. The van der Waals surface area contributed by atoms with Gasteiger partial charge in [-0.15, -0.1) is 0 Å². The van der Waals surface area contributed by atoms with Gasteiger partial charge < -0.3 is 5.32 Å². The van der Waals surface area contributed by atoms with E-state index < -0.39 is 0 Å². The van der Waals surface area contributed by atoms with E-state index in [9.17, 15) is 4.79 Å². The zero-order chi connectivity index (χ0) is 16.9. The Morgan fingerprint density at radius 3 is 2.50 bits per heavy atom. The first-order valence-corrected chi connectivity index (χ1v) is 8.62. The minimum atomic E-state index is -0.162. The van der Waals surface area contributed by atoms with E-state index in [-0.39, 0.29) is 5.91 Å². The first-order valence-electron chi connectivity index (χ1n) is 7.83. The van der Waals surface area contributed by atoms with Crippen LogP contribution in [0.2, 0.25) is 0 Å². The molecule has 0 aliphatic rings. The average molecular weight is 384 g/mol. The van der Waals surface area contributed by atoms with Crippen LogP contribution in [-0.2, 0) is 13.0 Å². The maximum atomic E-state index is 12.4. The second-order valence-corrected chi connectivity index (χ2v) is 6.33. The van der Waals surface area contributed by atoms with E-state index in [1.807, 2.05) is 18.2 Å². The van der Waals surface area contributed by atoms with Crippen molar-refractivity contribution in [2.75, 3.05) is 5.32 Å². The lowest BCUT2D eigenvalue weighted by molar-refractivity contribution is 0.102. The third kappa shape index (κ3) is 3.74. The van der Waals surface area contributed by atoms with Crippen molar-refractivity contribution in [1.29, 1.82) is 0 Å². The highest BCUT2D eigenvalue weighted by Crippen LogP contribution is 2.18. The number of aromatic nitrogens is 2. The summed E-state index contributed by atoms with van der Waals surface area (Å²) in [5.41, 5.74) is 3.05.